The van der Waals surface area contributed by atoms with Gasteiger partial charge in [-0.1, -0.05) is 0 Å². The molecule has 0 aliphatic carbocycles. The van der Waals surface area contributed by atoms with E-state index >= 15 is 8.78 Å². The highest BCUT2D eigenvalue weighted by Gasteiger charge is 2.21. The van der Waals surface area contributed by atoms with E-state index in [0.29, 0.717) is 52.3 Å². The monoisotopic (exact) mass is 838 g/mol. The number of fused-ring (bicyclic) bond motifs is 2. The quantitative estimate of drug-likeness (QED) is 0.0733. The molecule has 17 heteroatoms. The minimum Gasteiger partial charge on any atom is -0.383 e. The minimum atomic E-state index is -0.756. The van der Waals surface area contributed by atoms with E-state index in [9.17, 15) is 18.4 Å². The molecular weight excluding hydrogens is 805 g/mol. The maximum atomic E-state index is 16.0. The summed E-state index contributed by atoms with van der Waals surface area (Å²) in [5, 5.41) is 10.7. The second-order valence-electron chi connectivity index (χ2n) is 13.7. The Morgan fingerprint density at radius 2 is 0.968 bits per heavy atom. The minimum absolute atomic E-state index is 0.131. The first-order chi connectivity index (χ1) is 30.1. The second-order valence-corrected chi connectivity index (χ2v) is 13.7. The zero-order chi connectivity index (χ0) is 43.3. The number of halogens is 4. The molecule has 4 heterocycles. The Labute approximate surface area is 350 Å². The van der Waals surface area contributed by atoms with E-state index in [1.807, 2.05) is 0 Å². The lowest BCUT2D eigenvalue weighted by Crippen LogP contribution is -2.31. The van der Waals surface area contributed by atoms with Crippen molar-refractivity contribution >= 4 is 45.8 Å². The van der Waals surface area contributed by atoms with Crippen molar-refractivity contribution < 1.29 is 31.9 Å². The van der Waals surface area contributed by atoms with Gasteiger partial charge in [0, 0.05) is 53.6 Å². The largest absolute Gasteiger partial charge is 0.383 e. The van der Waals surface area contributed by atoms with Gasteiger partial charge in [0.15, 0.2) is 11.3 Å². The highest BCUT2D eigenvalue weighted by atomic mass is 19.1. The van der Waals surface area contributed by atoms with Crippen LogP contribution in [0.25, 0.3) is 78.5 Å². The smallest absolute Gasteiger partial charge is 0.319 e. The maximum Gasteiger partial charge on any atom is 0.319 e. The van der Waals surface area contributed by atoms with Crippen molar-refractivity contribution in [2.24, 2.45) is 0 Å². The molecule has 0 fully saturated rings. The lowest BCUT2D eigenvalue weighted by Gasteiger charge is -2.15. The highest BCUT2D eigenvalue weighted by Crippen LogP contribution is 2.38. The molecule has 0 atom stereocenters. The molecule has 62 heavy (non-hydrogen) atoms. The number of carbonyl (C=O) groups is 2. The zero-order valence-electron chi connectivity index (χ0n) is 32.9. The third-order valence-electron chi connectivity index (χ3n) is 9.49. The number of carbonyl (C=O) groups excluding carboxylic acids is 2. The topological polar surface area (TPSA) is 169 Å². The van der Waals surface area contributed by atoms with Crippen LogP contribution < -0.4 is 21.3 Å². The van der Waals surface area contributed by atoms with Gasteiger partial charge in [-0.2, -0.15) is 0 Å². The highest BCUT2D eigenvalue weighted by molar-refractivity contribution is 5.94. The molecule has 0 saturated heterocycles. The van der Waals surface area contributed by atoms with Crippen LogP contribution in [-0.2, 0) is 4.74 Å². The number of aromatic nitrogens is 6. The Kier molecular flexibility index (Phi) is 11.7. The summed E-state index contributed by atoms with van der Waals surface area (Å²) in [6.45, 7) is 2.77. The van der Waals surface area contributed by atoms with Crippen molar-refractivity contribution in [3.05, 3.63) is 133 Å². The van der Waals surface area contributed by atoms with E-state index in [-0.39, 0.29) is 57.3 Å². The standard InChI is InChI=1S/C45H34F4N10O3/c1-3-50-44(60)54-30-20-37-42(52-22-30)58-39(25-6-12-29(47)13-7-25)40(57-37)26-8-14-34(48)32(18-26)33-19-27(9-15-35(33)49)41-38(24-4-10-28(46)11-5-24)56-36-21-31(23-53-43(36)59-41)55-45(61)51-16-17-62-2/h4-15,18-23H,3,16-17H2,1-2H3,(H2,50,54,60)(H2,51,55,61). The number of methoxy groups -OCH3 is 1. The van der Waals surface area contributed by atoms with Crippen molar-refractivity contribution in [3.63, 3.8) is 0 Å². The SMILES string of the molecule is CCNC(=O)Nc1cnc2nc(-c3ccc(F)cc3)c(-c3ccc(F)c(-c4cc(-c5nc6ncc(NC(=O)NCCOC)cc6nc5-c5ccc(F)cc5)ccc4F)c3)nc2c1. The lowest BCUT2D eigenvalue weighted by molar-refractivity contribution is 0.198. The van der Waals surface area contributed by atoms with Crippen molar-refractivity contribution in [2.45, 2.75) is 6.92 Å². The fraction of sp³-hybridized carbons (Fsp3) is 0.111. The molecule has 13 nitrogen and oxygen atoms in total. The van der Waals surface area contributed by atoms with Crippen LogP contribution in [0.4, 0.5) is 38.5 Å². The van der Waals surface area contributed by atoms with E-state index < -0.39 is 35.3 Å². The fourth-order valence-corrected chi connectivity index (χ4v) is 6.59. The summed E-state index contributed by atoms with van der Waals surface area (Å²) in [5.74, 6) is -2.47. The fourth-order valence-electron chi connectivity index (χ4n) is 6.59. The van der Waals surface area contributed by atoms with Crippen LogP contribution in [0.2, 0.25) is 0 Å². The molecule has 8 rings (SSSR count). The third-order valence-corrected chi connectivity index (χ3v) is 9.49. The van der Waals surface area contributed by atoms with Crippen LogP contribution in [0.15, 0.2) is 109 Å². The Morgan fingerprint density at radius 1 is 0.548 bits per heavy atom. The van der Waals surface area contributed by atoms with Gasteiger partial charge in [0.05, 0.1) is 53.2 Å². The van der Waals surface area contributed by atoms with Gasteiger partial charge < -0.3 is 26.0 Å². The predicted molar refractivity (Wildman–Crippen MR) is 227 cm³/mol. The van der Waals surface area contributed by atoms with E-state index in [4.69, 9.17) is 24.7 Å². The van der Waals surface area contributed by atoms with Crippen LogP contribution in [0.1, 0.15) is 6.92 Å². The van der Waals surface area contributed by atoms with E-state index in [0.717, 1.165) is 0 Å². The molecular formula is C45H34F4N10O3. The number of nitrogens with zero attached hydrogens (tertiary/aromatic N) is 6. The van der Waals surface area contributed by atoms with Gasteiger partial charge in [-0.3, -0.25) is 0 Å². The predicted octanol–water partition coefficient (Wildman–Crippen LogP) is 9.16. The number of rotatable bonds is 11. The number of hydrogen-bond acceptors (Lipinski definition) is 9. The first-order valence-electron chi connectivity index (χ1n) is 19.1. The van der Waals surface area contributed by atoms with Gasteiger partial charge in [-0.25, -0.2) is 57.1 Å². The Bertz CT molecular complexity index is 2990. The summed E-state index contributed by atoms with van der Waals surface area (Å²) in [6, 6.07) is 21.5. The third kappa shape index (κ3) is 8.83. The van der Waals surface area contributed by atoms with E-state index in [1.54, 1.807) is 19.1 Å². The van der Waals surface area contributed by atoms with Crippen molar-refractivity contribution in [2.75, 3.05) is 37.4 Å². The molecule has 4 aromatic heterocycles. The molecule has 0 aliphatic rings. The first-order valence-corrected chi connectivity index (χ1v) is 19.1. The molecule has 0 saturated carbocycles. The van der Waals surface area contributed by atoms with Gasteiger partial charge in [0.1, 0.15) is 34.3 Å². The van der Waals surface area contributed by atoms with Crippen LogP contribution in [0.3, 0.4) is 0 Å². The van der Waals surface area contributed by atoms with Crippen LogP contribution >= 0.6 is 0 Å². The van der Waals surface area contributed by atoms with Gasteiger partial charge in [-0.05, 0) is 104 Å². The molecule has 4 amide bonds. The van der Waals surface area contributed by atoms with E-state index in [2.05, 4.69) is 31.2 Å². The first kappa shape index (κ1) is 40.8. The lowest BCUT2D eigenvalue weighted by atomic mass is 9.95. The number of ether oxygens (including phenoxy) is 1. The number of amides is 4. The number of nitrogens with one attached hydrogen (secondary N) is 4. The van der Waals surface area contributed by atoms with E-state index in [1.165, 1.54) is 104 Å². The average molecular weight is 839 g/mol. The average Bonchev–Trinajstić information content (AvgIpc) is 3.27. The molecule has 0 unspecified atom stereocenters. The number of pyridine rings is 2. The summed E-state index contributed by atoms with van der Waals surface area (Å²) in [7, 11) is 1.52. The number of anilines is 2. The van der Waals surface area contributed by atoms with Crippen LogP contribution in [-0.4, -0.2) is 68.8 Å². The Hall–Kier alpha value is -7.92. The van der Waals surface area contributed by atoms with Gasteiger partial charge >= 0.3 is 12.1 Å². The molecule has 8 aromatic rings. The zero-order valence-corrected chi connectivity index (χ0v) is 32.9. The summed E-state index contributed by atoms with van der Waals surface area (Å²) in [6.07, 6.45) is 2.82. The maximum absolute atomic E-state index is 16.0. The molecule has 0 spiro atoms. The summed E-state index contributed by atoms with van der Waals surface area (Å²) >= 11 is 0. The van der Waals surface area contributed by atoms with Crippen LogP contribution in [0.5, 0.6) is 0 Å². The van der Waals surface area contributed by atoms with Gasteiger partial charge in [0.25, 0.3) is 0 Å². The molecule has 4 N–H and O–H groups in total. The Morgan fingerprint density at radius 3 is 1.44 bits per heavy atom. The van der Waals surface area contributed by atoms with Crippen molar-refractivity contribution in [3.8, 4) is 56.2 Å². The summed E-state index contributed by atoms with van der Waals surface area (Å²) in [4.78, 5) is 52.7. The number of urea groups is 2. The van der Waals surface area contributed by atoms with Crippen molar-refractivity contribution in [1.29, 1.82) is 0 Å². The van der Waals surface area contributed by atoms with Gasteiger partial charge in [-0.15, -0.1) is 0 Å². The molecule has 0 radical (unpaired) electrons. The molecule has 310 valence electrons. The number of benzene rings is 4. The van der Waals surface area contributed by atoms with Crippen molar-refractivity contribution in [1.82, 2.24) is 40.5 Å². The Balaban J connectivity index is 1.24. The molecule has 0 bridgehead atoms. The second kappa shape index (κ2) is 17.7. The normalized spacial score (nSPS) is 11.1. The van der Waals surface area contributed by atoms with Gasteiger partial charge in [0.2, 0.25) is 0 Å². The number of hydrogen-bond donors (Lipinski definition) is 4. The summed E-state index contributed by atoms with van der Waals surface area (Å²) < 4.78 is 65.2. The molecule has 0 aliphatic heterocycles. The van der Waals surface area contributed by atoms with Crippen LogP contribution in [0, 0.1) is 23.3 Å². The summed E-state index contributed by atoms with van der Waals surface area (Å²) in [5.41, 5.74) is 4.01. The molecule has 4 aromatic carbocycles.